The van der Waals surface area contributed by atoms with Crippen molar-refractivity contribution in [3.8, 4) is 11.5 Å². The summed E-state index contributed by atoms with van der Waals surface area (Å²) < 4.78 is 12.7. The van der Waals surface area contributed by atoms with Crippen LogP contribution >= 0.6 is 39.1 Å². The second-order valence-electron chi connectivity index (χ2n) is 8.14. The second-order valence-corrected chi connectivity index (χ2v) is 9.83. The first-order chi connectivity index (χ1) is 15.5. The van der Waals surface area contributed by atoms with Crippen LogP contribution in [0.1, 0.15) is 35.1 Å². The van der Waals surface area contributed by atoms with Crippen molar-refractivity contribution < 1.29 is 9.47 Å². The lowest BCUT2D eigenvalue weighted by atomic mass is 9.77. The van der Waals surface area contributed by atoms with Gasteiger partial charge in [0.1, 0.15) is 6.61 Å². The molecule has 1 N–H and O–H groups in total. The number of nitrogens with one attached hydrogen (secondary N) is 1. The molecule has 3 aromatic rings. The van der Waals surface area contributed by atoms with Crippen LogP contribution in [0.15, 0.2) is 71.2 Å². The predicted molar refractivity (Wildman–Crippen MR) is 134 cm³/mol. The Hall–Kier alpha value is -2.14. The first-order valence-electron chi connectivity index (χ1n) is 10.5. The number of hydrogen-bond donors (Lipinski definition) is 1. The Morgan fingerprint density at radius 3 is 2.69 bits per heavy atom. The van der Waals surface area contributed by atoms with Gasteiger partial charge in [-0.3, -0.25) is 0 Å². The van der Waals surface area contributed by atoms with Gasteiger partial charge in [0, 0.05) is 10.9 Å². The van der Waals surface area contributed by atoms with Crippen molar-refractivity contribution in [3.63, 3.8) is 0 Å². The molecule has 164 valence electrons. The van der Waals surface area contributed by atoms with Gasteiger partial charge in [0.05, 0.1) is 28.3 Å². The molecule has 3 atom stereocenters. The molecule has 0 saturated heterocycles. The predicted octanol–water partition coefficient (Wildman–Crippen LogP) is 8.17. The Balaban J connectivity index is 1.49. The highest BCUT2D eigenvalue weighted by molar-refractivity contribution is 9.10. The van der Waals surface area contributed by atoms with E-state index in [1.807, 2.05) is 36.4 Å². The third kappa shape index (κ3) is 4.00. The molecule has 5 rings (SSSR count). The average Bonchev–Trinajstić information content (AvgIpc) is 3.28. The number of methoxy groups -OCH3 is 1. The van der Waals surface area contributed by atoms with Crippen LogP contribution in [0.25, 0.3) is 0 Å². The molecule has 0 aromatic heterocycles. The van der Waals surface area contributed by atoms with Crippen molar-refractivity contribution >= 4 is 44.8 Å². The molecule has 0 amide bonds. The van der Waals surface area contributed by atoms with Gasteiger partial charge in [-0.1, -0.05) is 65.7 Å². The zero-order chi connectivity index (χ0) is 22.2. The van der Waals surface area contributed by atoms with Crippen LogP contribution in [-0.2, 0) is 6.61 Å². The fraction of sp³-hybridized carbons (Fsp3) is 0.231. The van der Waals surface area contributed by atoms with Gasteiger partial charge in [0.2, 0.25) is 0 Å². The van der Waals surface area contributed by atoms with Crippen molar-refractivity contribution in [2.45, 2.75) is 25.0 Å². The van der Waals surface area contributed by atoms with Gasteiger partial charge >= 0.3 is 0 Å². The first kappa shape index (κ1) is 21.7. The van der Waals surface area contributed by atoms with Crippen molar-refractivity contribution in [3.05, 3.63) is 98.0 Å². The third-order valence-corrected chi connectivity index (χ3v) is 7.33. The largest absolute Gasteiger partial charge is 0.493 e. The summed E-state index contributed by atoms with van der Waals surface area (Å²) in [5.41, 5.74) is 4.33. The lowest BCUT2D eigenvalue weighted by Gasteiger charge is -2.38. The molecule has 1 heterocycles. The van der Waals surface area contributed by atoms with Crippen LogP contribution in [0.4, 0.5) is 5.69 Å². The number of halogens is 3. The van der Waals surface area contributed by atoms with Gasteiger partial charge in [0.25, 0.3) is 0 Å². The molecule has 1 aliphatic heterocycles. The van der Waals surface area contributed by atoms with Crippen LogP contribution < -0.4 is 14.8 Å². The van der Waals surface area contributed by atoms with Gasteiger partial charge in [-0.05, 0) is 69.2 Å². The lowest BCUT2D eigenvalue weighted by Crippen LogP contribution is -2.29. The molecule has 1 aliphatic carbocycles. The molecule has 3 nitrogen and oxygen atoms in total. The first-order valence-corrected chi connectivity index (χ1v) is 12.1. The fourth-order valence-corrected chi connectivity index (χ4v) is 5.88. The molecule has 0 fully saturated rings. The minimum atomic E-state index is 0.0783. The molecule has 0 unspecified atom stereocenters. The number of benzene rings is 3. The van der Waals surface area contributed by atoms with Gasteiger partial charge in [0.15, 0.2) is 11.5 Å². The maximum atomic E-state index is 6.58. The Bertz CT molecular complexity index is 1180. The third-order valence-electron chi connectivity index (χ3n) is 6.22. The molecule has 3 aromatic carbocycles. The quantitative estimate of drug-likeness (QED) is 0.337. The Morgan fingerprint density at radius 1 is 1.09 bits per heavy atom. The van der Waals surface area contributed by atoms with E-state index < -0.39 is 0 Å². The Kier molecular flexibility index (Phi) is 6.11. The Morgan fingerprint density at radius 2 is 1.91 bits per heavy atom. The zero-order valence-corrected chi connectivity index (χ0v) is 20.5. The van der Waals surface area contributed by atoms with Gasteiger partial charge in [-0.15, -0.1) is 0 Å². The molecule has 6 heteroatoms. The number of rotatable bonds is 5. The molecule has 0 radical (unpaired) electrons. The van der Waals surface area contributed by atoms with Crippen LogP contribution in [0.3, 0.4) is 0 Å². The highest BCUT2D eigenvalue weighted by Gasteiger charge is 2.39. The van der Waals surface area contributed by atoms with Gasteiger partial charge in [-0.2, -0.15) is 0 Å². The normalized spacial score (nSPS) is 20.9. The summed E-state index contributed by atoms with van der Waals surface area (Å²) in [6.07, 6.45) is 5.50. The molecule has 0 spiro atoms. The molecule has 0 saturated carbocycles. The minimum Gasteiger partial charge on any atom is -0.493 e. The van der Waals surface area contributed by atoms with Gasteiger partial charge in [-0.25, -0.2) is 0 Å². The maximum Gasteiger partial charge on any atom is 0.175 e. The van der Waals surface area contributed by atoms with Crippen molar-refractivity contribution in [2.75, 3.05) is 12.4 Å². The maximum absolute atomic E-state index is 6.58. The summed E-state index contributed by atoms with van der Waals surface area (Å²) in [6, 6.07) is 18.2. The van der Waals surface area contributed by atoms with Crippen LogP contribution in [0, 0.1) is 5.92 Å². The molecule has 0 bridgehead atoms. The number of anilines is 1. The molecule has 32 heavy (non-hydrogen) atoms. The number of ether oxygens (including phenoxy) is 2. The second kappa shape index (κ2) is 9.01. The summed E-state index contributed by atoms with van der Waals surface area (Å²) in [6.45, 7) is 0.467. The summed E-state index contributed by atoms with van der Waals surface area (Å²) >= 11 is 16.6. The van der Waals surface area contributed by atoms with E-state index in [9.17, 15) is 0 Å². The van der Waals surface area contributed by atoms with E-state index in [1.165, 1.54) is 0 Å². The van der Waals surface area contributed by atoms with Gasteiger partial charge < -0.3 is 14.8 Å². The van der Waals surface area contributed by atoms with E-state index in [0.29, 0.717) is 34.1 Å². The highest BCUT2D eigenvalue weighted by atomic mass is 79.9. The van der Waals surface area contributed by atoms with E-state index in [2.05, 4.69) is 45.5 Å². The summed E-state index contributed by atoms with van der Waals surface area (Å²) in [7, 11) is 1.67. The van der Waals surface area contributed by atoms with Crippen LogP contribution in [0.2, 0.25) is 10.0 Å². The minimum absolute atomic E-state index is 0.0783. The summed E-state index contributed by atoms with van der Waals surface area (Å²) in [5.74, 6) is 2.03. The monoisotopic (exact) mass is 529 g/mol. The van der Waals surface area contributed by atoms with E-state index >= 15 is 0 Å². The number of fused-ring (bicyclic) bond motifs is 3. The topological polar surface area (TPSA) is 30.5 Å². The zero-order valence-electron chi connectivity index (χ0n) is 17.4. The standard InChI is InChI=1S/C26H22BrCl2NO2/c1-31-23-11-16(10-21(27)26(23)32-14-15-6-3-2-4-7-15)24-19-9-5-8-18(19)20-12-17(28)13-22(29)25(20)30-24/h2-8,10-13,18-19,24,30H,9,14H2,1H3/t18-,19+,24+/m1/s1. The number of hydrogen-bond acceptors (Lipinski definition) is 3. The van der Waals surface area contributed by atoms with E-state index in [1.54, 1.807) is 13.2 Å². The smallest absolute Gasteiger partial charge is 0.175 e. The number of allylic oxidation sites excluding steroid dienone is 2. The Labute approximate surface area is 206 Å². The molecular formula is C26H22BrCl2NO2. The van der Waals surface area contributed by atoms with Crippen molar-refractivity contribution in [1.82, 2.24) is 0 Å². The van der Waals surface area contributed by atoms with Crippen molar-refractivity contribution in [2.24, 2.45) is 5.92 Å². The van der Waals surface area contributed by atoms with Crippen molar-refractivity contribution in [1.29, 1.82) is 0 Å². The average molecular weight is 531 g/mol. The van der Waals surface area contributed by atoms with E-state index in [0.717, 1.165) is 33.3 Å². The summed E-state index contributed by atoms with van der Waals surface area (Å²) in [5, 5.41) is 5.00. The van der Waals surface area contributed by atoms with E-state index in [-0.39, 0.29) is 12.0 Å². The molecular weight excluding hydrogens is 509 g/mol. The lowest BCUT2D eigenvalue weighted by molar-refractivity contribution is 0.282. The SMILES string of the molecule is COc1cc([C@@H]2Nc3c(Cl)cc(Cl)cc3[C@@H]3C=CC[C@@H]32)cc(Br)c1OCc1ccccc1. The highest BCUT2D eigenvalue weighted by Crippen LogP contribution is 2.53. The van der Waals surface area contributed by atoms with Crippen LogP contribution in [0.5, 0.6) is 11.5 Å². The fourth-order valence-electron chi connectivity index (χ4n) is 4.74. The molecule has 2 aliphatic rings. The van der Waals surface area contributed by atoms with Crippen LogP contribution in [-0.4, -0.2) is 7.11 Å². The summed E-state index contributed by atoms with van der Waals surface area (Å²) in [4.78, 5) is 0. The van der Waals surface area contributed by atoms with E-state index in [4.69, 9.17) is 32.7 Å².